The second kappa shape index (κ2) is 9.12. The highest BCUT2D eigenvalue weighted by atomic mass is 35.5. The fourth-order valence-corrected chi connectivity index (χ4v) is 5.11. The summed E-state index contributed by atoms with van der Waals surface area (Å²) in [5.41, 5.74) is 4.33. The van der Waals surface area contributed by atoms with Gasteiger partial charge >= 0.3 is 0 Å². The second-order valence-corrected chi connectivity index (χ2v) is 9.91. The number of carbonyl (C=O) groups excluding carboxylic acids is 1. The summed E-state index contributed by atoms with van der Waals surface area (Å²) in [4.78, 5) is 12.5. The van der Waals surface area contributed by atoms with E-state index in [2.05, 4.69) is 0 Å². The van der Waals surface area contributed by atoms with Crippen molar-refractivity contribution < 1.29 is 18.4 Å². The predicted molar refractivity (Wildman–Crippen MR) is 126 cm³/mol. The summed E-state index contributed by atoms with van der Waals surface area (Å²) in [5, 5.41) is 11.3. The maximum Gasteiger partial charge on any atom is 0.275 e. The highest BCUT2D eigenvalue weighted by molar-refractivity contribution is 7.91. The lowest BCUT2D eigenvalue weighted by atomic mass is 9.97. The Labute approximate surface area is 191 Å². The van der Waals surface area contributed by atoms with Crippen molar-refractivity contribution in [2.45, 2.75) is 11.3 Å². The molecule has 0 saturated carbocycles. The molecule has 4 rings (SSSR count). The van der Waals surface area contributed by atoms with Crippen molar-refractivity contribution in [3.05, 3.63) is 101 Å². The molecule has 0 aliphatic heterocycles. The fraction of sp³-hybridized carbons (Fsp3) is 0.0800. The zero-order valence-electron chi connectivity index (χ0n) is 17.0. The second-order valence-electron chi connectivity index (χ2n) is 7.36. The number of halogens is 1. The topological polar surface area (TPSA) is 83.5 Å². The molecular weight excluding hydrogens is 446 g/mol. The first-order chi connectivity index (χ1) is 15.4. The van der Waals surface area contributed by atoms with Gasteiger partial charge in [0.25, 0.3) is 5.91 Å². The van der Waals surface area contributed by atoms with E-state index in [1.165, 1.54) is 0 Å². The van der Waals surface area contributed by atoms with Crippen LogP contribution in [0.2, 0.25) is 5.02 Å². The zero-order chi connectivity index (χ0) is 22.7. The van der Waals surface area contributed by atoms with E-state index >= 15 is 0 Å². The Hall–Kier alpha value is -3.19. The average molecular weight is 466 g/mol. The SMILES string of the molecule is O=C(NO)c1c(CCS(=O)(=O)c2ccc(-c3ccc(Cl)cc3)cc2)ccc2ccccc12. The number of benzene rings is 4. The summed E-state index contributed by atoms with van der Waals surface area (Å²) in [5.74, 6) is -0.835. The van der Waals surface area contributed by atoms with Crippen molar-refractivity contribution in [2.24, 2.45) is 0 Å². The van der Waals surface area contributed by atoms with E-state index < -0.39 is 15.7 Å². The number of aryl methyl sites for hydroxylation is 1. The number of hydrogen-bond donors (Lipinski definition) is 2. The third-order valence-corrected chi connectivity index (χ3v) is 7.36. The lowest BCUT2D eigenvalue weighted by molar-refractivity contribution is 0.0707. The highest BCUT2D eigenvalue weighted by Crippen LogP contribution is 2.26. The average Bonchev–Trinajstić information content (AvgIpc) is 2.82. The number of hydrogen-bond acceptors (Lipinski definition) is 4. The number of rotatable bonds is 6. The molecule has 7 heteroatoms. The molecule has 0 aromatic heterocycles. The van der Waals surface area contributed by atoms with Crippen LogP contribution in [0.4, 0.5) is 0 Å². The van der Waals surface area contributed by atoms with Crippen LogP contribution in [-0.2, 0) is 16.3 Å². The minimum absolute atomic E-state index is 0.134. The molecule has 0 fully saturated rings. The van der Waals surface area contributed by atoms with Gasteiger partial charge in [-0.2, -0.15) is 0 Å². The van der Waals surface area contributed by atoms with Crippen molar-refractivity contribution in [1.82, 2.24) is 5.48 Å². The van der Waals surface area contributed by atoms with Gasteiger partial charge in [0.1, 0.15) is 0 Å². The van der Waals surface area contributed by atoms with Crippen LogP contribution in [0.1, 0.15) is 15.9 Å². The quantitative estimate of drug-likeness (QED) is 0.299. The van der Waals surface area contributed by atoms with Crippen LogP contribution >= 0.6 is 11.6 Å². The first-order valence-electron chi connectivity index (χ1n) is 9.93. The Balaban J connectivity index is 1.59. The summed E-state index contributed by atoms with van der Waals surface area (Å²) in [6.45, 7) is 0. The molecule has 0 saturated heterocycles. The largest absolute Gasteiger partial charge is 0.288 e. The molecule has 162 valence electrons. The molecule has 2 N–H and O–H groups in total. The lowest BCUT2D eigenvalue weighted by Gasteiger charge is -2.12. The van der Waals surface area contributed by atoms with Gasteiger partial charge in [0.2, 0.25) is 0 Å². The number of carbonyl (C=O) groups is 1. The molecule has 0 atom stereocenters. The molecule has 0 heterocycles. The molecule has 0 unspecified atom stereocenters. The molecule has 4 aromatic carbocycles. The van der Waals surface area contributed by atoms with Crippen LogP contribution in [-0.4, -0.2) is 25.3 Å². The zero-order valence-corrected chi connectivity index (χ0v) is 18.5. The number of sulfone groups is 1. The predicted octanol–water partition coefficient (Wildman–Crippen LogP) is 5.30. The van der Waals surface area contributed by atoms with Gasteiger partial charge in [0, 0.05) is 5.02 Å². The van der Waals surface area contributed by atoms with Crippen molar-refractivity contribution in [3.8, 4) is 11.1 Å². The van der Waals surface area contributed by atoms with E-state index in [1.807, 2.05) is 30.3 Å². The van der Waals surface area contributed by atoms with Gasteiger partial charge in [0.05, 0.1) is 16.2 Å². The molecule has 0 aliphatic rings. The maximum atomic E-state index is 12.9. The minimum Gasteiger partial charge on any atom is -0.288 e. The molecule has 4 aromatic rings. The van der Waals surface area contributed by atoms with Crippen molar-refractivity contribution in [2.75, 3.05) is 5.75 Å². The molecule has 0 bridgehead atoms. The normalized spacial score (nSPS) is 11.4. The summed E-state index contributed by atoms with van der Waals surface area (Å²) in [7, 11) is -3.58. The molecular formula is C25H20ClNO4S. The fourth-order valence-electron chi connectivity index (χ4n) is 3.71. The molecule has 0 spiro atoms. The Morgan fingerprint density at radius 3 is 2.12 bits per heavy atom. The summed E-state index contributed by atoms with van der Waals surface area (Å²) in [6, 6.07) is 24.8. The van der Waals surface area contributed by atoms with E-state index in [1.54, 1.807) is 60.1 Å². The molecule has 0 radical (unpaired) electrons. The molecule has 32 heavy (non-hydrogen) atoms. The van der Waals surface area contributed by atoms with Crippen LogP contribution in [0.3, 0.4) is 0 Å². The Kier molecular flexibility index (Phi) is 6.28. The standard InChI is InChI=1S/C25H20ClNO4S/c26-21-11-7-17(8-12-21)18-9-13-22(14-10-18)32(30,31)16-15-20-6-5-19-3-1-2-4-23(19)24(20)25(28)27-29/h1-14,29H,15-16H2,(H,27,28). The Bertz CT molecular complexity index is 1380. The van der Waals surface area contributed by atoms with Gasteiger partial charge in [-0.1, -0.05) is 72.3 Å². The van der Waals surface area contributed by atoms with Crippen molar-refractivity contribution in [1.29, 1.82) is 0 Å². The lowest BCUT2D eigenvalue weighted by Crippen LogP contribution is -2.21. The van der Waals surface area contributed by atoms with Crippen LogP contribution in [0.5, 0.6) is 0 Å². The van der Waals surface area contributed by atoms with Gasteiger partial charge < -0.3 is 0 Å². The molecule has 1 amide bonds. The minimum atomic E-state index is -3.58. The van der Waals surface area contributed by atoms with Gasteiger partial charge in [-0.3, -0.25) is 10.0 Å². The van der Waals surface area contributed by atoms with Gasteiger partial charge in [-0.15, -0.1) is 0 Å². The summed E-state index contributed by atoms with van der Waals surface area (Å²) >= 11 is 5.92. The Morgan fingerprint density at radius 2 is 1.47 bits per heavy atom. The summed E-state index contributed by atoms with van der Waals surface area (Å²) < 4.78 is 25.9. The molecule has 5 nitrogen and oxygen atoms in total. The van der Waals surface area contributed by atoms with Gasteiger partial charge in [0.15, 0.2) is 9.84 Å². The molecule has 0 aliphatic carbocycles. The monoisotopic (exact) mass is 465 g/mol. The van der Waals surface area contributed by atoms with Crippen LogP contribution in [0, 0.1) is 0 Å². The van der Waals surface area contributed by atoms with E-state index in [0.717, 1.165) is 16.5 Å². The smallest absolute Gasteiger partial charge is 0.275 e. The third kappa shape index (κ3) is 4.53. The van der Waals surface area contributed by atoms with Crippen molar-refractivity contribution >= 4 is 38.1 Å². The number of nitrogens with one attached hydrogen (secondary N) is 1. The first kappa shape index (κ1) is 22.0. The maximum absolute atomic E-state index is 12.9. The Morgan fingerprint density at radius 1 is 0.844 bits per heavy atom. The highest BCUT2D eigenvalue weighted by Gasteiger charge is 2.19. The first-order valence-corrected chi connectivity index (χ1v) is 12.0. The van der Waals surface area contributed by atoms with Crippen LogP contribution in [0.15, 0.2) is 89.8 Å². The number of amides is 1. The van der Waals surface area contributed by atoms with E-state index in [0.29, 0.717) is 16.0 Å². The van der Waals surface area contributed by atoms with E-state index in [4.69, 9.17) is 11.6 Å². The van der Waals surface area contributed by atoms with E-state index in [-0.39, 0.29) is 22.6 Å². The van der Waals surface area contributed by atoms with Crippen molar-refractivity contribution in [3.63, 3.8) is 0 Å². The third-order valence-electron chi connectivity index (χ3n) is 5.38. The number of hydroxylamine groups is 1. The van der Waals surface area contributed by atoms with E-state index in [9.17, 15) is 18.4 Å². The van der Waals surface area contributed by atoms with Crippen LogP contribution in [0.25, 0.3) is 21.9 Å². The summed E-state index contributed by atoms with van der Waals surface area (Å²) in [6.07, 6.45) is 0.134. The van der Waals surface area contributed by atoms with Gasteiger partial charge in [-0.25, -0.2) is 13.9 Å². The number of fused-ring (bicyclic) bond motifs is 1. The van der Waals surface area contributed by atoms with Crippen LogP contribution < -0.4 is 5.48 Å². The van der Waals surface area contributed by atoms with Gasteiger partial charge in [-0.05, 0) is 58.1 Å².